The second kappa shape index (κ2) is 18.4. The van der Waals surface area contributed by atoms with E-state index in [-0.39, 0.29) is 42.2 Å². The maximum Gasteiger partial charge on any atom is 0.524 e. The molecule has 226 valence electrons. The van der Waals surface area contributed by atoms with E-state index in [0.717, 1.165) is 19.3 Å². The number of rotatable bonds is 20. The smallest absolute Gasteiger partial charge is 0.404 e. The maximum absolute atomic E-state index is 13.4. The van der Waals surface area contributed by atoms with Gasteiger partial charge in [-0.1, -0.05) is 58.6 Å². The Hall–Kier alpha value is -2.95. The molecular weight excluding hydrogens is 539 g/mol. The molecule has 0 fully saturated rings. The largest absolute Gasteiger partial charge is 0.524 e. The quantitative estimate of drug-likeness (QED) is 0.0992. The second-order valence-corrected chi connectivity index (χ2v) is 11.1. The molecule has 1 aromatic rings. The molecule has 13 heteroatoms. The van der Waals surface area contributed by atoms with Crippen LogP contribution in [0.4, 0.5) is 0 Å². The van der Waals surface area contributed by atoms with E-state index in [1.165, 1.54) is 12.1 Å². The average Bonchev–Trinajstić information content (AvgIpc) is 2.88. The van der Waals surface area contributed by atoms with E-state index in [2.05, 4.69) is 20.5 Å². The van der Waals surface area contributed by atoms with E-state index in [1.54, 1.807) is 12.1 Å². The first-order chi connectivity index (χ1) is 18.9. The molecule has 0 radical (unpaired) electrons. The van der Waals surface area contributed by atoms with E-state index >= 15 is 0 Å². The number of carbonyl (C=O) groups is 4. The summed E-state index contributed by atoms with van der Waals surface area (Å²) in [6, 6.07) is 4.03. The summed E-state index contributed by atoms with van der Waals surface area (Å²) in [5, 5.41) is 8.44. The minimum absolute atomic E-state index is 0.0372. The molecule has 12 nitrogen and oxygen atoms in total. The lowest BCUT2D eigenvalue weighted by molar-refractivity contribution is -0.133. The Bertz CT molecular complexity index is 999. The van der Waals surface area contributed by atoms with Crippen molar-refractivity contribution >= 4 is 31.5 Å². The molecule has 3 atom stereocenters. The molecule has 3 unspecified atom stereocenters. The van der Waals surface area contributed by atoms with Crippen molar-refractivity contribution in [1.29, 1.82) is 0 Å². The number of benzene rings is 1. The zero-order chi connectivity index (χ0) is 30.1. The zero-order valence-corrected chi connectivity index (χ0v) is 24.6. The van der Waals surface area contributed by atoms with Gasteiger partial charge in [-0.05, 0) is 42.9 Å². The van der Waals surface area contributed by atoms with Gasteiger partial charge in [0.05, 0.1) is 0 Å². The van der Waals surface area contributed by atoms with E-state index in [0.29, 0.717) is 44.2 Å². The van der Waals surface area contributed by atoms with E-state index < -0.39 is 25.8 Å². The minimum atomic E-state index is -4.71. The third-order valence-electron chi connectivity index (χ3n) is 6.44. The van der Waals surface area contributed by atoms with Crippen LogP contribution in [0, 0.1) is 5.92 Å². The third kappa shape index (κ3) is 15.0. The van der Waals surface area contributed by atoms with Crippen LogP contribution >= 0.6 is 7.82 Å². The normalized spacial score (nSPS) is 13.5. The first-order valence-corrected chi connectivity index (χ1v) is 15.4. The van der Waals surface area contributed by atoms with Crippen LogP contribution in [0.5, 0.6) is 5.75 Å². The fraction of sp³-hybridized carbons (Fsp3) is 0.630. The third-order valence-corrected chi connectivity index (χ3v) is 6.89. The Morgan fingerprint density at radius 2 is 1.57 bits per heavy atom. The Balaban J connectivity index is 2.95. The van der Waals surface area contributed by atoms with Crippen LogP contribution in [0.3, 0.4) is 0 Å². The minimum Gasteiger partial charge on any atom is -0.404 e. The SMILES string of the molecule is CCCCCC(=O)NC(Cc1ccc(OP(=O)(O)O)cc1)C(=O)NC(C(=O)NCCCCCC(N)=O)C(C)CC. The van der Waals surface area contributed by atoms with Crippen molar-refractivity contribution in [2.24, 2.45) is 11.7 Å². The molecule has 0 aliphatic carbocycles. The zero-order valence-electron chi connectivity index (χ0n) is 23.7. The van der Waals surface area contributed by atoms with Gasteiger partial charge in [-0.15, -0.1) is 0 Å². The summed E-state index contributed by atoms with van der Waals surface area (Å²) in [7, 11) is -4.71. The second-order valence-electron chi connectivity index (χ2n) is 9.95. The molecule has 1 rings (SSSR count). The molecular formula is C27H45N4O8P. The number of hydrogen-bond acceptors (Lipinski definition) is 6. The molecule has 0 bridgehead atoms. The molecule has 0 saturated carbocycles. The molecule has 0 aliphatic rings. The van der Waals surface area contributed by atoms with Crippen molar-refractivity contribution in [1.82, 2.24) is 16.0 Å². The lowest BCUT2D eigenvalue weighted by Gasteiger charge is -2.26. The number of nitrogens with one attached hydrogen (secondary N) is 3. The highest BCUT2D eigenvalue weighted by Crippen LogP contribution is 2.37. The summed E-state index contributed by atoms with van der Waals surface area (Å²) in [5.41, 5.74) is 5.76. The number of nitrogens with two attached hydrogens (primary N) is 1. The van der Waals surface area contributed by atoms with Gasteiger partial charge in [0.15, 0.2) is 0 Å². The van der Waals surface area contributed by atoms with Gasteiger partial charge in [0.25, 0.3) is 0 Å². The molecule has 7 N–H and O–H groups in total. The van der Waals surface area contributed by atoms with Gasteiger partial charge in [0, 0.05) is 25.8 Å². The number of primary amides is 1. The molecule has 0 aliphatic heterocycles. The lowest BCUT2D eigenvalue weighted by atomic mass is 9.97. The van der Waals surface area contributed by atoms with Crippen LogP contribution in [0.15, 0.2) is 24.3 Å². The van der Waals surface area contributed by atoms with Gasteiger partial charge in [0.2, 0.25) is 23.6 Å². The first kappa shape index (κ1) is 35.1. The van der Waals surface area contributed by atoms with Crippen molar-refractivity contribution in [2.75, 3.05) is 6.54 Å². The number of phosphoric acid groups is 1. The predicted molar refractivity (Wildman–Crippen MR) is 151 cm³/mol. The molecule has 0 heterocycles. The molecule has 0 aromatic heterocycles. The molecule has 0 saturated heterocycles. The number of carbonyl (C=O) groups excluding carboxylic acids is 4. The molecule has 40 heavy (non-hydrogen) atoms. The monoisotopic (exact) mass is 584 g/mol. The Morgan fingerprint density at radius 1 is 0.925 bits per heavy atom. The topological polar surface area (TPSA) is 197 Å². The fourth-order valence-electron chi connectivity index (χ4n) is 3.95. The van der Waals surface area contributed by atoms with Crippen LogP contribution < -0.4 is 26.2 Å². The summed E-state index contributed by atoms with van der Waals surface area (Å²) in [6.45, 7) is 6.18. The van der Waals surface area contributed by atoms with Gasteiger partial charge < -0.3 is 26.2 Å². The van der Waals surface area contributed by atoms with Crippen molar-refractivity contribution in [3.05, 3.63) is 29.8 Å². The Kier molecular flexibility index (Phi) is 16.1. The fourth-order valence-corrected chi connectivity index (χ4v) is 4.35. The Labute approximate surface area is 236 Å². The highest BCUT2D eigenvalue weighted by Gasteiger charge is 2.30. The molecule has 4 amide bonds. The first-order valence-electron chi connectivity index (χ1n) is 13.9. The molecule has 0 spiro atoms. The summed E-state index contributed by atoms with van der Waals surface area (Å²) >= 11 is 0. The van der Waals surface area contributed by atoms with Crippen molar-refractivity contribution < 1.29 is 38.1 Å². The van der Waals surface area contributed by atoms with Crippen molar-refractivity contribution in [3.8, 4) is 5.75 Å². The van der Waals surface area contributed by atoms with E-state index in [4.69, 9.17) is 15.5 Å². The lowest BCUT2D eigenvalue weighted by Crippen LogP contribution is -2.56. The van der Waals surface area contributed by atoms with Gasteiger partial charge in [-0.2, -0.15) is 0 Å². The van der Waals surface area contributed by atoms with Crippen molar-refractivity contribution in [3.63, 3.8) is 0 Å². The van der Waals surface area contributed by atoms with E-state index in [9.17, 15) is 23.7 Å². The Morgan fingerprint density at radius 3 is 2.15 bits per heavy atom. The summed E-state index contributed by atoms with van der Waals surface area (Å²) in [5.74, 6) is -1.70. The summed E-state index contributed by atoms with van der Waals surface area (Å²) < 4.78 is 15.6. The van der Waals surface area contributed by atoms with Gasteiger partial charge in [-0.25, -0.2) is 4.57 Å². The van der Waals surface area contributed by atoms with Crippen LogP contribution in [0.2, 0.25) is 0 Å². The van der Waals surface area contributed by atoms with Gasteiger partial charge >= 0.3 is 7.82 Å². The van der Waals surface area contributed by atoms with Crippen molar-refractivity contribution in [2.45, 2.75) is 97.1 Å². The van der Waals surface area contributed by atoms with E-state index in [1.807, 2.05) is 20.8 Å². The maximum atomic E-state index is 13.4. The van der Waals surface area contributed by atoms with Gasteiger partial charge in [-0.3, -0.25) is 29.0 Å². The number of phosphoric ester groups is 1. The molecule has 1 aromatic carbocycles. The average molecular weight is 585 g/mol. The highest BCUT2D eigenvalue weighted by atomic mass is 31.2. The number of amides is 4. The number of hydrogen-bond donors (Lipinski definition) is 6. The van der Waals surface area contributed by atoms with Crippen LogP contribution in [-0.2, 0) is 30.2 Å². The number of unbranched alkanes of at least 4 members (excludes halogenated alkanes) is 4. The standard InChI is InChI=1S/C27H45N4O8P/c1-4-6-8-12-24(33)30-22(18-20-13-15-21(16-14-20)39-40(36,37)38)26(34)31-25(19(3)5-2)27(35)29-17-10-7-9-11-23(28)32/h13-16,19,22,25H,4-12,17-18H2,1-3H3,(H2,28,32)(H,29,35)(H,30,33)(H,31,34)(H2,36,37,38). The predicted octanol–water partition coefficient (Wildman–Crippen LogP) is 2.46. The highest BCUT2D eigenvalue weighted by molar-refractivity contribution is 7.46. The summed E-state index contributed by atoms with van der Waals surface area (Å²) in [6.07, 6.45) is 5.82. The van der Waals surface area contributed by atoms with Crippen LogP contribution in [0.1, 0.15) is 84.1 Å². The van der Waals surface area contributed by atoms with Gasteiger partial charge in [0.1, 0.15) is 17.8 Å². The summed E-state index contributed by atoms with van der Waals surface area (Å²) in [4.78, 5) is 67.8. The van der Waals surface area contributed by atoms with Crippen LogP contribution in [-0.4, -0.2) is 52.0 Å². The van der Waals surface area contributed by atoms with Crippen LogP contribution in [0.25, 0.3) is 0 Å².